The van der Waals surface area contributed by atoms with Crippen LogP contribution < -0.4 is 0 Å². The summed E-state index contributed by atoms with van der Waals surface area (Å²) in [7, 11) is -3.53. The highest BCUT2D eigenvalue weighted by Gasteiger charge is 2.28. The van der Waals surface area contributed by atoms with Crippen molar-refractivity contribution < 1.29 is 13.2 Å². The fourth-order valence-corrected chi connectivity index (χ4v) is 4.34. The molecule has 6 nitrogen and oxygen atoms in total. The maximum atomic E-state index is 12.8. The van der Waals surface area contributed by atoms with Gasteiger partial charge in [0.2, 0.25) is 10.0 Å². The lowest BCUT2D eigenvalue weighted by Crippen LogP contribution is -2.37. The second kappa shape index (κ2) is 7.33. The average molecular weight is 359 g/mol. The van der Waals surface area contributed by atoms with Gasteiger partial charge in [0.1, 0.15) is 0 Å². The summed E-state index contributed by atoms with van der Waals surface area (Å²) in [6.45, 7) is 3.56. The zero-order chi connectivity index (χ0) is 17.9. The van der Waals surface area contributed by atoms with E-state index in [1.807, 2.05) is 6.92 Å². The molecule has 0 N–H and O–H groups in total. The monoisotopic (exact) mass is 359 g/mol. The van der Waals surface area contributed by atoms with Gasteiger partial charge in [-0.15, -0.1) is 0 Å². The van der Waals surface area contributed by atoms with E-state index in [0.29, 0.717) is 43.1 Å². The predicted octanol–water partition coefficient (Wildman–Crippen LogP) is 1.93. The number of amides is 1. The van der Waals surface area contributed by atoms with Crippen molar-refractivity contribution >= 4 is 15.9 Å². The van der Waals surface area contributed by atoms with E-state index in [2.05, 4.69) is 4.98 Å². The summed E-state index contributed by atoms with van der Waals surface area (Å²) >= 11 is 0. The van der Waals surface area contributed by atoms with E-state index in [4.69, 9.17) is 0 Å². The highest BCUT2D eigenvalue weighted by Crippen LogP contribution is 2.19. The number of carbonyl (C=O) groups is 1. The normalized spacial score (nSPS) is 16.4. The third-order valence-corrected chi connectivity index (χ3v) is 6.24. The number of nitrogens with zero attached hydrogens (tertiary/aromatic N) is 3. The van der Waals surface area contributed by atoms with Crippen molar-refractivity contribution in [2.45, 2.75) is 18.2 Å². The van der Waals surface area contributed by atoms with Crippen LogP contribution in [0.15, 0.2) is 53.7 Å². The molecule has 1 aliphatic rings. The van der Waals surface area contributed by atoms with Crippen LogP contribution in [-0.2, 0) is 10.0 Å². The Hall–Kier alpha value is -2.25. The molecular weight excluding hydrogens is 338 g/mol. The van der Waals surface area contributed by atoms with Crippen LogP contribution in [0.2, 0.25) is 0 Å². The van der Waals surface area contributed by atoms with Crippen molar-refractivity contribution in [2.75, 3.05) is 26.2 Å². The molecule has 0 saturated carbocycles. The van der Waals surface area contributed by atoms with Gasteiger partial charge in [-0.3, -0.25) is 9.78 Å². The van der Waals surface area contributed by atoms with Crippen LogP contribution in [0.4, 0.5) is 0 Å². The number of benzene rings is 1. The number of carbonyl (C=O) groups excluding carboxylic acids is 1. The number of aromatic nitrogens is 1. The summed E-state index contributed by atoms with van der Waals surface area (Å²) in [5.41, 5.74) is 1.59. The molecule has 1 aliphatic heterocycles. The lowest BCUT2D eigenvalue weighted by Gasteiger charge is -2.22. The Labute approximate surface area is 148 Å². The summed E-state index contributed by atoms with van der Waals surface area (Å²) in [6, 6.07) is 10.2. The van der Waals surface area contributed by atoms with Crippen molar-refractivity contribution in [1.82, 2.24) is 14.2 Å². The van der Waals surface area contributed by atoms with Crippen LogP contribution in [0.1, 0.15) is 22.3 Å². The van der Waals surface area contributed by atoms with E-state index in [-0.39, 0.29) is 5.91 Å². The first-order chi connectivity index (χ1) is 12.0. The van der Waals surface area contributed by atoms with Gasteiger partial charge >= 0.3 is 0 Å². The van der Waals surface area contributed by atoms with Crippen molar-refractivity contribution in [3.8, 4) is 0 Å². The number of hydrogen-bond acceptors (Lipinski definition) is 4. The standard InChI is InChI=1S/C18H21N3O3S/c1-15-3-5-17(6-4-15)25(23,24)21-12-2-11-20(13-14-21)18(22)16-7-9-19-10-8-16/h3-10H,2,11-14H2,1H3. The minimum Gasteiger partial charge on any atom is -0.337 e. The molecule has 1 fully saturated rings. The first kappa shape index (κ1) is 17.6. The van der Waals surface area contributed by atoms with Crippen LogP contribution in [0.5, 0.6) is 0 Å². The Kier molecular flexibility index (Phi) is 5.15. The van der Waals surface area contributed by atoms with Crippen LogP contribution >= 0.6 is 0 Å². The third kappa shape index (κ3) is 3.88. The summed E-state index contributed by atoms with van der Waals surface area (Å²) < 4.78 is 27.1. The Balaban J connectivity index is 1.73. The molecule has 25 heavy (non-hydrogen) atoms. The SMILES string of the molecule is Cc1ccc(S(=O)(=O)N2CCCN(C(=O)c3ccncc3)CC2)cc1. The van der Waals surface area contributed by atoms with Crippen molar-refractivity contribution in [2.24, 2.45) is 0 Å². The topological polar surface area (TPSA) is 70.6 Å². The fourth-order valence-electron chi connectivity index (χ4n) is 2.87. The molecule has 0 unspecified atom stereocenters. The molecule has 1 amide bonds. The van der Waals surface area contributed by atoms with Crippen LogP contribution in [0, 0.1) is 6.92 Å². The highest BCUT2D eigenvalue weighted by molar-refractivity contribution is 7.89. The molecule has 132 valence electrons. The van der Waals surface area contributed by atoms with E-state index < -0.39 is 10.0 Å². The van der Waals surface area contributed by atoms with Crippen LogP contribution in [0.25, 0.3) is 0 Å². The zero-order valence-corrected chi connectivity index (χ0v) is 14.9. The minimum atomic E-state index is -3.53. The molecule has 0 radical (unpaired) electrons. The second-order valence-corrected chi connectivity index (χ2v) is 8.04. The molecule has 0 aliphatic carbocycles. The molecule has 3 rings (SSSR count). The van der Waals surface area contributed by atoms with Gasteiger partial charge in [0.15, 0.2) is 0 Å². The van der Waals surface area contributed by atoms with Crippen molar-refractivity contribution in [1.29, 1.82) is 0 Å². The van der Waals surface area contributed by atoms with Crippen molar-refractivity contribution in [3.63, 3.8) is 0 Å². The Bertz CT molecular complexity index is 836. The summed E-state index contributed by atoms with van der Waals surface area (Å²) in [5.74, 6) is -0.0861. The molecule has 2 heterocycles. The van der Waals surface area contributed by atoms with E-state index in [1.165, 1.54) is 4.31 Å². The predicted molar refractivity (Wildman–Crippen MR) is 94.7 cm³/mol. The molecule has 0 atom stereocenters. The van der Waals surface area contributed by atoms with E-state index in [1.54, 1.807) is 53.7 Å². The molecule has 1 aromatic heterocycles. The van der Waals surface area contributed by atoms with Gasteiger partial charge in [-0.05, 0) is 37.6 Å². The maximum Gasteiger partial charge on any atom is 0.254 e. The molecule has 0 bridgehead atoms. The van der Waals surface area contributed by atoms with Gasteiger partial charge in [-0.25, -0.2) is 8.42 Å². The number of hydrogen-bond donors (Lipinski definition) is 0. The second-order valence-electron chi connectivity index (χ2n) is 6.10. The third-order valence-electron chi connectivity index (χ3n) is 4.33. The number of sulfonamides is 1. The lowest BCUT2D eigenvalue weighted by atomic mass is 10.2. The minimum absolute atomic E-state index is 0.0861. The van der Waals surface area contributed by atoms with Gasteiger partial charge in [0.25, 0.3) is 5.91 Å². The Morgan fingerprint density at radius 2 is 1.64 bits per heavy atom. The summed E-state index contributed by atoms with van der Waals surface area (Å²) in [5, 5.41) is 0. The lowest BCUT2D eigenvalue weighted by molar-refractivity contribution is 0.0764. The molecule has 1 aromatic carbocycles. The molecule has 2 aromatic rings. The van der Waals surface area contributed by atoms with Gasteiger partial charge in [-0.2, -0.15) is 4.31 Å². The summed E-state index contributed by atoms with van der Waals surface area (Å²) in [6.07, 6.45) is 3.78. The molecule has 7 heteroatoms. The quantitative estimate of drug-likeness (QED) is 0.840. The smallest absolute Gasteiger partial charge is 0.254 e. The van der Waals surface area contributed by atoms with Gasteiger partial charge in [0, 0.05) is 44.1 Å². The number of rotatable bonds is 3. The number of pyridine rings is 1. The zero-order valence-electron chi connectivity index (χ0n) is 14.1. The largest absolute Gasteiger partial charge is 0.337 e. The first-order valence-electron chi connectivity index (χ1n) is 8.24. The Morgan fingerprint density at radius 3 is 2.32 bits per heavy atom. The van der Waals surface area contributed by atoms with Crippen molar-refractivity contribution in [3.05, 3.63) is 59.9 Å². The highest BCUT2D eigenvalue weighted by atomic mass is 32.2. The van der Waals surface area contributed by atoms with E-state index >= 15 is 0 Å². The van der Waals surface area contributed by atoms with Crippen LogP contribution in [0.3, 0.4) is 0 Å². The molecular formula is C18H21N3O3S. The van der Waals surface area contributed by atoms with Crippen LogP contribution in [-0.4, -0.2) is 54.7 Å². The van der Waals surface area contributed by atoms with Gasteiger partial charge in [-0.1, -0.05) is 17.7 Å². The Morgan fingerprint density at radius 1 is 0.960 bits per heavy atom. The van der Waals surface area contributed by atoms with Gasteiger partial charge in [0.05, 0.1) is 4.90 Å². The maximum absolute atomic E-state index is 12.8. The van der Waals surface area contributed by atoms with E-state index in [9.17, 15) is 13.2 Å². The van der Waals surface area contributed by atoms with Gasteiger partial charge < -0.3 is 4.90 Å². The first-order valence-corrected chi connectivity index (χ1v) is 9.68. The molecule has 0 spiro atoms. The summed E-state index contributed by atoms with van der Waals surface area (Å²) in [4.78, 5) is 18.5. The average Bonchev–Trinajstić information content (AvgIpc) is 2.89. The van der Waals surface area contributed by atoms with E-state index in [0.717, 1.165) is 5.56 Å². The number of aryl methyl sites for hydroxylation is 1. The fraction of sp³-hybridized carbons (Fsp3) is 0.333. The molecule has 1 saturated heterocycles.